The summed E-state index contributed by atoms with van der Waals surface area (Å²) < 4.78 is 5.45. The minimum absolute atomic E-state index is 0.568. The van der Waals surface area contributed by atoms with Crippen molar-refractivity contribution < 1.29 is 4.74 Å². The number of thiocarbonyl (C=S) groups is 1. The molecule has 0 bridgehead atoms. The SMILES string of the molecule is CCOc1cccc(NC(=S)NCc2ccc(Cl)cc2)c1. The summed E-state index contributed by atoms with van der Waals surface area (Å²) in [5.41, 5.74) is 2.01. The Hall–Kier alpha value is -1.78. The summed E-state index contributed by atoms with van der Waals surface area (Å²) in [5.74, 6) is 0.822. The van der Waals surface area contributed by atoms with Crippen LogP contribution in [0.1, 0.15) is 12.5 Å². The van der Waals surface area contributed by atoms with Crippen LogP contribution in [0.5, 0.6) is 5.75 Å². The van der Waals surface area contributed by atoms with Crippen molar-refractivity contribution in [1.82, 2.24) is 5.32 Å². The van der Waals surface area contributed by atoms with Crippen LogP contribution in [-0.2, 0) is 6.54 Å². The van der Waals surface area contributed by atoms with Gasteiger partial charge in [-0.3, -0.25) is 0 Å². The second-order valence-electron chi connectivity index (χ2n) is 4.39. The van der Waals surface area contributed by atoms with Gasteiger partial charge in [0.2, 0.25) is 0 Å². The molecule has 2 aromatic carbocycles. The van der Waals surface area contributed by atoms with Crippen LogP contribution in [0.4, 0.5) is 5.69 Å². The molecule has 2 N–H and O–H groups in total. The van der Waals surface area contributed by atoms with Crippen LogP contribution < -0.4 is 15.4 Å². The second kappa shape index (κ2) is 7.86. The van der Waals surface area contributed by atoms with E-state index in [2.05, 4.69) is 10.6 Å². The third kappa shape index (κ3) is 5.25. The third-order valence-electron chi connectivity index (χ3n) is 2.77. The van der Waals surface area contributed by atoms with E-state index in [9.17, 15) is 0 Å². The molecule has 3 nitrogen and oxygen atoms in total. The van der Waals surface area contributed by atoms with E-state index in [0.29, 0.717) is 18.3 Å². The Kier molecular flexibility index (Phi) is 5.84. The highest BCUT2D eigenvalue weighted by atomic mass is 35.5. The molecule has 0 fully saturated rings. The first-order valence-corrected chi connectivity index (χ1v) is 7.48. The lowest BCUT2D eigenvalue weighted by molar-refractivity contribution is 0.340. The lowest BCUT2D eigenvalue weighted by Gasteiger charge is -2.12. The molecule has 21 heavy (non-hydrogen) atoms. The minimum atomic E-state index is 0.568. The number of hydrogen-bond donors (Lipinski definition) is 2. The number of hydrogen-bond acceptors (Lipinski definition) is 2. The largest absolute Gasteiger partial charge is 0.494 e. The zero-order valence-electron chi connectivity index (χ0n) is 11.7. The van der Waals surface area contributed by atoms with E-state index >= 15 is 0 Å². The van der Waals surface area contributed by atoms with Crippen LogP contribution in [0.15, 0.2) is 48.5 Å². The number of anilines is 1. The van der Waals surface area contributed by atoms with E-state index in [-0.39, 0.29) is 0 Å². The van der Waals surface area contributed by atoms with E-state index < -0.39 is 0 Å². The van der Waals surface area contributed by atoms with E-state index in [4.69, 9.17) is 28.6 Å². The summed E-state index contributed by atoms with van der Waals surface area (Å²) in [7, 11) is 0. The molecule has 0 aliphatic carbocycles. The molecule has 5 heteroatoms. The van der Waals surface area contributed by atoms with Gasteiger partial charge < -0.3 is 15.4 Å². The molecule has 0 saturated heterocycles. The fraction of sp³-hybridized carbons (Fsp3) is 0.188. The first kappa shape index (κ1) is 15.6. The van der Waals surface area contributed by atoms with Crippen molar-refractivity contribution in [1.29, 1.82) is 0 Å². The van der Waals surface area contributed by atoms with Crippen LogP contribution >= 0.6 is 23.8 Å². The fourth-order valence-corrected chi connectivity index (χ4v) is 2.11. The van der Waals surface area contributed by atoms with Crippen molar-refractivity contribution in [3.63, 3.8) is 0 Å². The Labute approximate surface area is 135 Å². The quantitative estimate of drug-likeness (QED) is 0.808. The van der Waals surface area contributed by atoms with E-state index in [1.54, 1.807) is 0 Å². The van der Waals surface area contributed by atoms with E-state index in [1.165, 1.54) is 0 Å². The monoisotopic (exact) mass is 320 g/mol. The van der Waals surface area contributed by atoms with Crippen molar-refractivity contribution >= 4 is 34.6 Å². The van der Waals surface area contributed by atoms with Gasteiger partial charge in [0, 0.05) is 23.3 Å². The number of rotatable bonds is 5. The van der Waals surface area contributed by atoms with Crippen molar-refractivity contribution in [3.05, 3.63) is 59.1 Å². The van der Waals surface area contributed by atoms with Gasteiger partial charge in [0.25, 0.3) is 0 Å². The van der Waals surface area contributed by atoms with E-state index in [1.807, 2.05) is 55.5 Å². The lowest BCUT2D eigenvalue weighted by Crippen LogP contribution is -2.27. The van der Waals surface area contributed by atoms with Gasteiger partial charge in [-0.25, -0.2) is 0 Å². The molecular formula is C16H17ClN2OS. The molecule has 0 amide bonds. The van der Waals surface area contributed by atoms with Gasteiger partial charge >= 0.3 is 0 Å². The fourth-order valence-electron chi connectivity index (χ4n) is 1.79. The summed E-state index contributed by atoms with van der Waals surface area (Å²) >= 11 is 11.1. The molecule has 2 rings (SSSR count). The number of benzene rings is 2. The molecule has 0 spiro atoms. The molecule has 0 radical (unpaired) electrons. The van der Waals surface area contributed by atoms with E-state index in [0.717, 1.165) is 22.0 Å². The Balaban J connectivity index is 1.86. The predicted molar refractivity (Wildman–Crippen MR) is 92.1 cm³/mol. The Morgan fingerprint density at radius 3 is 2.67 bits per heavy atom. The summed E-state index contributed by atoms with van der Waals surface area (Å²) in [6, 6.07) is 15.4. The highest BCUT2D eigenvalue weighted by Gasteiger charge is 2.00. The Morgan fingerprint density at radius 1 is 1.19 bits per heavy atom. The van der Waals surface area contributed by atoms with Crippen molar-refractivity contribution in [2.75, 3.05) is 11.9 Å². The molecule has 2 aromatic rings. The summed E-state index contributed by atoms with van der Waals surface area (Å²) in [5, 5.41) is 7.59. The number of nitrogens with one attached hydrogen (secondary N) is 2. The molecule has 110 valence electrons. The average molecular weight is 321 g/mol. The first-order chi connectivity index (χ1) is 10.2. The molecule has 0 aromatic heterocycles. The Bertz CT molecular complexity index is 601. The van der Waals surface area contributed by atoms with Gasteiger partial charge in [-0.2, -0.15) is 0 Å². The average Bonchev–Trinajstić information content (AvgIpc) is 2.47. The first-order valence-electron chi connectivity index (χ1n) is 6.69. The van der Waals surface area contributed by atoms with Crippen LogP contribution in [0, 0.1) is 0 Å². The van der Waals surface area contributed by atoms with Gasteiger partial charge in [-0.15, -0.1) is 0 Å². The normalized spacial score (nSPS) is 10.0. The maximum Gasteiger partial charge on any atom is 0.171 e. The Morgan fingerprint density at radius 2 is 1.95 bits per heavy atom. The number of ether oxygens (including phenoxy) is 1. The van der Waals surface area contributed by atoms with Crippen LogP contribution in [0.3, 0.4) is 0 Å². The van der Waals surface area contributed by atoms with Crippen molar-refractivity contribution in [2.45, 2.75) is 13.5 Å². The smallest absolute Gasteiger partial charge is 0.171 e. The maximum atomic E-state index is 5.85. The van der Waals surface area contributed by atoms with Crippen molar-refractivity contribution in [3.8, 4) is 5.75 Å². The van der Waals surface area contributed by atoms with Gasteiger partial charge in [0.05, 0.1) is 6.61 Å². The van der Waals surface area contributed by atoms with Gasteiger partial charge in [0.15, 0.2) is 5.11 Å². The van der Waals surface area contributed by atoms with Crippen LogP contribution in [0.2, 0.25) is 5.02 Å². The highest BCUT2D eigenvalue weighted by molar-refractivity contribution is 7.80. The van der Waals surface area contributed by atoms with Gasteiger partial charge in [-0.05, 0) is 49.0 Å². The van der Waals surface area contributed by atoms with Gasteiger partial charge in [-0.1, -0.05) is 29.8 Å². The second-order valence-corrected chi connectivity index (χ2v) is 5.24. The standard InChI is InChI=1S/C16H17ClN2OS/c1-2-20-15-5-3-4-14(10-15)19-16(21)18-11-12-6-8-13(17)9-7-12/h3-10H,2,11H2,1H3,(H2,18,19,21). The van der Waals surface area contributed by atoms with Crippen LogP contribution in [0.25, 0.3) is 0 Å². The molecule has 0 unspecified atom stereocenters. The number of halogens is 1. The maximum absolute atomic E-state index is 5.85. The molecule has 0 heterocycles. The van der Waals surface area contributed by atoms with Crippen LogP contribution in [-0.4, -0.2) is 11.7 Å². The third-order valence-corrected chi connectivity index (χ3v) is 3.27. The molecular weight excluding hydrogens is 304 g/mol. The zero-order chi connectivity index (χ0) is 15.1. The topological polar surface area (TPSA) is 33.3 Å². The van der Waals surface area contributed by atoms with Gasteiger partial charge in [0.1, 0.15) is 5.75 Å². The lowest BCUT2D eigenvalue weighted by atomic mass is 10.2. The zero-order valence-corrected chi connectivity index (χ0v) is 13.3. The molecule has 0 aliphatic heterocycles. The minimum Gasteiger partial charge on any atom is -0.494 e. The van der Waals surface area contributed by atoms with Crippen molar-refractivity contribution in [2.24, 2.45) is 0 Å². The summed E-state index contributed by atoms with van der Waals surface area (Å²) in [6.45, 7) is 3.25. The molecule has 0 aliphatic rings. The highest BCUT2D eigenvalue weighted by Crippen LogP contribution is 2.17. The predicted octanol–water partition coefficient (Wildman–Crippen LogP) is 4.23. The molecule has 0 saturated carbocycles. The summed E-state index contributed by atoms with van der Waals surface area (Å²) in [4.78, 5) is 0. The summed E-state index contributed by atoms with van der Waals surface area (Å²) in [6.07, 6.45) is 0. The molecule has 0 atom stereocenters.